The van der Waals surface area contributed by atoms with Crippen LogP contribution in [0.25, 0.3) is 0 Å². The molecule has 2 N–H and O–H groups in total. The molecule has 20 heavy (non-hydrogen) atoms. The van der Waals surface area contributed by atoms with Gasteiger partial charge in [-0.3, -0.25) is 0 Å². The topological polar surface area (TPSA) is 54.7 Å². The monoisotopic (exact) mass is 269 g/mol. The number of nitrogens with two attached hydrogens (primary N) is 1. The number of hydrogen-bond acceptors (Lipinski definition) is 2. The van der Waals surface area contributed by atoms with Gasteiger partial charge in [0.05, 0.1) is 11.6 Å². The van der Waals surface area contributed by atoms with Crippen LogP contribution >= 0.6 is 0 Å². The number of hydrogen-bond donors (Lipinski definition) is 1. The molecular weight excluding hydrogens is 253 g/mol. The molecule has 1 aliphatic carbocycles. The van der Waals surface area contributed by atoms with E-state index in [1.807, 2.05) is 29.1 Å². The number of nitriles is 1. The smallest absolute Gasteiger partial charge is 0.124 e. The first-order chi connectivity index (χ1) is 9.65. The van der Waals surface area contributed by atoms with Gasteiger partial charge in [-0.25, -0.2) is 4.39 Å². The van der Waals surface area contributed by atoms with E-state index in [1.165, 1.54) is 25.0 Å². The average molecular weight is 269 g/mol. The van der Waals surface area contributed by atoms with Crippen molar-refractivity contribution in [2.75, 3.05) is 0 Å². The van der Waals surface area contributed by atoms with Crippen LogP contribution in [0.3, 0.4) is 0 Å². The van der Waals surface area contributed by atoms with Crippen molar-refractivity contribution in [3.63, 3.8) is 0 Å². The molecule has 2 aromatic rings. The Hall–Kier alpha value is -2.12. The zero-order valence-electron chi connectivity index (χ0n) is 11.1. The largest absolute Gasteiger partial charge is 0.350 e. The highest BCUT2D eigenvalue weighted by molar-refractivity contribution is 5.34. The Morgan fingerprint density at radius 3 is 2.90 bits per heavy atom. The molecule has 1 atom stereocenters. The van der Waals surface area contributed by atoms with Gasteiger partial charge in [-0.15, -0.1) is 0 Å². The maximum atomic E-state index is 13.4. The molecule has 1 aliphatic rings. The third-order valence-corrected chi connectivity index (χ3v) is 3.74. The predicted octanol–water partition coefficient (Wildman–Crippen LogP) is 2.96. The minimum absolute atomic E-state index is 0.110. The molecule has 1 saturated carbocycles. The molecule has 1 fully saturated rings. The van der Waals surface area contributed by atoms with E-state index in [0.29, 0.717) is 18.0 Å². The van der Waals surface area contributed by atoms with E-state index in [2.05, 4.69) is 0 Å². The molecule has 3 nitrogen and oxygen atoms in total. The fourth-order valence-corrected chi connectivity index (χ4v) is 2.50. The normalized spacial score (nSPS) is 15.8. The highest BCUT2D eigenvalue weighted by atomic mass is 19.1. The van der Waals surface area contributed by atoms with Crippen LogP contribution in [0.15, 0.2) is 36.7 Å². The van der Waals surface area contributed by atoms with Gasteiger partial charge in [-0.2, -0.15) is 5.26 Å². The highest BCUT2D eigenvalue weighted by Crippen LogP contribution is 2.39. The van der Waals surface area contributed by atoms with E-state index in [4.69, 9.17) is 11.0 Å². The van der Waals surface area contributed by atoms with E-state index in [1.54, 1.807) is 6.07 Å². The van der Waals surface area contributed by atoms with Gasteiger partial charge in [-0.1, -0.05) is 0 Å². The Balaban J connectivity index is 1.77. The quantitative estimate of drug-likeness (QED) is 0.927. The summed E-state index contributed by atoms with van der Waals surface area (Å²) in [5, 5.41) is 8.86. The predicted molar refractivity (Wildman–Crippen MR) is 74.3 cm³/mol. The van der Waals surface area contributed by atoms with Gasteiger partial charge in [0.1, 0.15) is 5.82 Å². The number of rotatable bonds is 4. The van der Waals surface area contributed by atoms with Crippen molar-refractivity contribution in [1.29, 1.82) is 5.26 Å². The summed E-state index contributed by atoms with van der Waals surface area (Å²) in [6.45, 7) is 0.545. The first-order valence-corrected chi connectivity index (χ1v) is 6.76. The highest BCUT2D eigenvalue weighted by Gasteiger charge is 2.29. The summed E-state index contributed by atoms with van der Waals surface area (Å²) in [6.07, 6.45) is 6.39. The van der Waals surface area contributed by atoms with Crippen LogP contribution in [-0.2, 0) is 6.54 Å². The maximum absolute atomic E-state index is 13.4. The van der Waals surface area contributed by atoms with Crippen molar-refractivity contribution in [1.82, 2.24) is 4.57 Å². The Kier molecular flexibility index (Phi) is 3.29. The fraction of sp³-hybridized carbons (Fsp3) is 0.312. The Labute approximate surface area is 117 Å². The molecule has 1 aromatic heterocycles. The molecule has 0 saturated heterocycles. The second-order valence-corrected chi connectivity index (χ2v) is 5.44. The minimum Gasteiger partial charge on any atom is -0.350 e. The van der Waals surface area contributed by atoms with Crippen LogP contribution in [-0.4, -0.2) is 4.57 Å². The van der Waals surface area contributed by atoms with Gasteiger partial charge < -0.3 is 10.3 Å². The van der Waals surface area contributed by atoms with Crippen LogP contribution < -0.4 is 5.73 Å². The van der Waals surface area contributed by atoms with E-state index >= 15 is 0 Å². The van der Waals surface area contributed by atoms with Crippen molar-refractivity contribution in [2.45, 2.75) is 25.4 Å². The Morgan fingerprint density at radius 2 is 2.20 bits per heavy atom. The van der Waals surface area contributed by atoms with Crippen LogP contribution in [0.1, 0.15) is 35.6 Å². The van der Waals surface area contributed by atoms with E-state index in [9.17, 15) is 4.39 Å². The number of nitrogens with zero attached hydrogens (tertiary/aromatic N) is 2. The minimum atomic E-state index is -0.374. The van der Waals surface area contributed by atoms with Gasteiger partial charge >= 0.3 is 0 Å². The average Bonchev–Trinajstić information content (AvgIpc) is 3.18. The van der Waals surface area contributed by atoms with Crippen molar-refractivity contribution in [2.24, 2.45) is 11.7 Å². The Bertz CT molecular complexity index is 665. The molecule has 3 rings (SSSR count). The number of benzene rings is 1. The SMILES string of the molecule is N#Cc1cc(F)cc(Cn2ccc(C(N)C3CC3)c2)c1. The zero-order valence-corrected chi connectivity index (χ0v) is 11.1. The van der Waals surface area contributed by atoms with Crippen molar-refractivity contribution in [3.8, 4) is 6.07 Å². The van der Waals surface area contributed by atoms with Gasteiger partial charge in [0.2, 0.25) is 0 Å². The number of aromatic nitrogens is 1. The third kappa shape index (κ3) is 2.73. The van der Waals surface area contributed by atoms with Gasteiger partial charge in [0.25, 0.3) is 0 Å². The van der Waals surface area contributed by atoms with Crippen LogP contribution in [0.5, 0.6) is 0 Å². The molecule has 4 heteroatoms. The molecule has 0 bridgehead atoms. The summed E-state index contributed by atoms with van der Waals surface area (Å²) in [6, 6.07) is 8.52. The molecule has 0 spiro atoms. The van der Waals surface area contributed by atoms with E-state index in [0.717, 1.165) is 11.1 Å². The van der Waals surface area contributed by atoms with Gasteiger partial charge in [-0.05, 0) is 54.2 Å². The molecule has 102 valence electrons. The summed E-state index contributed by atoms with van der Waals surface area (Å²) in [7, 11) is 0. The molecule has 1 unspecified atom stereocenters. The molecular formula is C16H16FN3. The lowest BCUT2D eigenvalue weighted by Gasteiger charge is -2.08. The maximum Gasteiger partial charge on any atom is 0.124 e. The second kappa shape index (κ2) is 5.10. The first kappa shape index (κ1) is 12.9. The Morgan fingerprint density at radius 1 is 1.40 bits per heavy atom. The van der Waals surface area contributed by atoms with Gasteiger partial charge in [0, 0.05) is 25.0 Å². The first-order valence-electron chi connectivity index (χ1n) is 6.76. The van der Waals surface area contributed by atoms with Crippen molar-refractivity contribution in [3.05, 3.63) is 59.2 Å². The van der Waals surface area contributed by atoms with Crippen LogP contribution in [0, 0.1) is 23.1 Å². The fourth-order valence-electron chi connectivity index (χ4n) is 2.50. The van der Waals surface area contributed by atoms with Gasteiger partial charge in [0.15, 0.2) is 0 Å². The summed E-state index contributed by atoms with van der Waals surface area (Å²) in [5.74, 6) is 0.242. The van der Waals surface area contributed by atoms with Crippen molar-refractivity contribution < 1.29 is 4.39 Å². The molecule has 1 heterocycles. The lowest BCUT2D eigenvalue weighted by Crippen LogP contribution is -2.11. The van der Waals surface area contributed by atoms with E-state index < -0.39 is 0 Å². The van der Waals surface area contributed by atoms with Crippen LogP contribution in [0.2, 0.25) is 0 Å². The van der Waals surface area contributed by atoms with Crippen LogP contribution in [0.4, 0.5) is 4.39 Å². The molecule has 0 amide bonds. The summed E-state index contributed by atoms with van der Waals surface area (Å²) in [5.41, 5.74) is 8.42. The second-order valence-electron chi connectivity index (χ2n) is 5.44. The van der Waals surface area contributed by atoms with Crippen molar-refractivity contribution >= 4 is 0 Å². The molecule has 0 aliphatic heterocycles. The lowest BCUT2D eigenvalue weighted by molar-refractivity contribution is 0.621. The third-order valence-electron chi connectivity index (χ3n) is 3.74. The number of halogens is 1. The standard InChI is InChI=1S/C16H16FN3/c17-15-6-11(8-18)5-12(7-15)9-20-4-3-14(10-20)16(19)13-1-2-13/h3-7,10,13,16H,1-2,9,19H2. The summed E-state index contributed by atoms with van der Waals surface area (Å²) >= 11 is 0. The zero-order chi connectivity index (χ0) is 14.1. The lowest BCUT2D eigenvalue weighted by atomic mass is 10.1. The van der Waals surface area contributed by atoms with E-state index in [-0.39, 0.29) is 11.9 Å². The molecule has 0 radical (unpaired) electrons. The summed E-state index contributed by atoms with van der Waals surface area (Å²) in [4.78, 5) is 0. The summed E-state index contributed by atoms with van der Waals surface area (Å²) < 4.78 is 15.4. The molecule has 1 aromatic carbocycles.